The maximum Gasteiger partial charge on any atom is 0.123 e. The summed E-state index contributed by atoms with van der Waals surface area (Å²) in [4.78, 5) is 9.67. The van der Waals surface area contributed by atoms with Crippen molar-refractivity contribution in [3.05, 3.63) is 58.6 Å². The fraction of sp³-hybridized carbons (Fsp3) is 0.435. The Balaban J connectivity index is 1.29. The van der Waals surface area contributed by atoms with E-state index in [-0.39, 0.29) is 6.10 Å². The molecule has 1 fully saturated rings. The number of benzene rings is 2. The Morgan fingerprint density at radius 2 is 1.90 bits per heavy atom. The highest BCUT2D eigenvalue weighted by Crippen LogP contribution is 2.28. The first-order chi connectivity index (χ1) is 14.2. The van der Waals surface area contributed by atoms with Crippen LogP contribution in [-0.4, -0.2) is 52.2 Å². The Morgan fingerprint density at radius 1 is 1.03 bits per heavy atom. The van der Waals surface area contributed by atoms with Crippen molar-refractivity contribution >= 4 is 21.6 Å². The molecule has 2 aromatic carbocycles. The lowest BCUT2D eigenvalue weighted by molar-refractivity contribution is 0.0792. The number of nitrogens with zero attached hydrogens (tertiary/aromatic N) is 3. The van der Waals surface area contributed by atoms with Gasteiger partial charge in [-0.05, 0) is 42.7 Å². The van der Waals surface area contributed by atoms with Crippen LogP contribution in [0.3, 0.4) is 0 Å². The second-order valence-corrected chi connectivity index (χ2v) is 9.20. The van der Waals surface area contributed by atoms with Crippen LogP contribution in [0.25, 0.3) is 10.2 Å². The van der Waals surface area contributed by atoms with Crippen molar-refractivity contribution in [1.29, 1.82) is 0 Å². The largest absolute Gasteiger partial charge is 0.492 e. The molecule has 1 N–H and O–H groups in total. The van der Waals surface area contributed by atoms with Crippen LogP contribution < -0.4 is 4.74 Å². The molecule has 0 saturated carbocycles. The molecule has 2 aliphatic rings. The Labute approximate surface area is 175 Å². The number of para-hydroxylation sites is 1. The summed E-state index contributed by atoms with van der Waals surface area (Å²) in [7, 11) is 0. The SMILES string of the molecule is OC1CCN(Cc2ccc3c(c2)CN(Cc2nc4ccccc4s2)CCO3)CC1. The molecule has 5 nitrogen and oxygen atoms in total. The molecule has 0 unspecified atom stereocenters. The van der Waals surface area contributed by atoms with E-state index in [2.05, 4.69) is 46.2 Å². The lowest BCUT2D eigenvalue weighted by Crippen LogP contribution is -2.35. The molecule has 5 rings (SSSR count). The van der Waals surface area contributed by atoms with Crippen LogP contribution in [0.15, 0.2) is 42.5 Å². The van der Waals surface area contributed by atoms with Crippen molar-refractivity contribution in [2.24, 2.45) is 0 Å². The lowest BCUT2D eigenvalue weighted by atomic mass is 10.1. The number of likely N-dealkylation sites (tertiary alicyclic amines) is 1. The molecule has 1 saturated heterocycles. The lowest BCUT2D eigenvalue weighted by Gasteiger charge is -2.29. The van der Waals surface area contributed by atoms with E-state index in [0.29, 0.717) is 6.61 Å². The predicted octanol–water partition coefficient (Wildman–Crippen LogP) is 3.65. The Morgan fingerprint density at radius 3 is 2.76 bits per heavy atom. The molecule has 0 spiro atoms. The zero-order chi connectivity index (χ0) is 19.6. The van der Waals surface area contributed by atoms with E-state index in [4.69, 9.17) is 9.72 Å². The highest BCUT2D eigenvalue weighted by atomic mass is 32.1. The second kappa shape index (κ2) is 8.40. The average Bonchev–Trinajstić information content (AvgIpc) is 3.02. The van der Waals surface area contributed by atoms with Gasteiger partial charge in [0.25, 0.3) is 0 Å². The minimum absolute atomic E-state index is 0.122. The normalized spacial score (nSPS) is 19.1. The monoisotopic (exact) mass is 409 g/mol. The van der Waals surface area contributed by atoms with E-state index in [0.717, 1.165) is 68.4 Å². The Kier molecular flexibility index (Phi) is 5.50. The summed E-state index contributed by atoms with van der Waals surface area (Å²) in [5.41, 5.74) is 3.68. The highest BCUT2D eigenvalue weighted by molar-refractivity contribution is 7.18. The van der Waals surface area contributed by atoms with Gasteiger partial charge >= 0.3 is 0 Å². The third kappa shape index (κ3) is 4.46. The fourth-order valence-corrected chi connectivity index (χ4v) is 5.26. The van der Waals surface area contributed by atoms with E-state index < -0.39 is 0 Å². The third-order valence-electron chi connectivity index (χ3n) is 5.84. The summed E-state index contributed by atoms with van der Waals surface area (Å²) < 4.78 is 7.28. The number of hydrogen-bond donors (Lipinski definition) is 1. The Bertz CT molecular complexity index is 948. The Hall–Kier alpha value is -1.99. The van der Waals surface area contributed by atoms with Crippen molar-refractivity contribution in [1.82, 2.24) is 14.8 Å². The maximum absolute atomic E-state index is 9.73. The first-order valence-electron chi connectivity index (χ1n) is 10.4. The van der Waals surface area contributed by atoms with Crippen molar-refractivity contribution in [2.75, 3.05) is 26.2 Å². The number of hydrogen-bond acceptors (Lipinski definition) is 6. The number of ether oxygens (including phenoxy) is 1. The highest BCUT2D eigenvalue weighted by Gasteiger charge is 2.20. The number of aliphatic hydroxyl groups is 1. The van der Waals surface area contributed by atoms with Crippen LogP contribution in [0.2, 0.25) is 0 Å². The van der Waals surface area contributed by atoms with Gasteiger partial charge in [0.2, 0.25) is 0 Å². The number of aromatic nitrogens is 1. The van der Waals surface area contributed by atoms with Crippen molar-refractivity contribution in [3.8, 4) is 5.75 Å². The maximum atomic E-state index is 9.73. The summed E-state index contributed by atoms with van der Waals surface area (Å²) in [6.45, 7) is 6.24. The number of fused-ring (bicyclic) bond motifs is 2. The zero-order valence-corrected chi connectivity index (χ0v) is 17.4. The first kappa shape index (κ1) is 19.0. The molecule has 152 valence electrons. The van der Waals surface area contributed by atoms with Crippen LogP contribution in [0.1, 0.15) is 29.0 Å². The summed E-state index contributed by atoms with van der Waals surface area (Å²) >= 11 is 1.78. The van der Waals surface area contributed by atoms with Crippen LogP contribution in [0.4, 0.5) is 0 Å². The van der Waals surface area contributed by atoms with Gasteiger partial charge in [0.15, 0.2) is 0 Å². The molecule has 2 aliphatic heterocycles. The number of piperidine rings is 1. The van der Waals surface area contributed by atoms with Crippen LogP contribution in [-0.2, 0) is 19.6 Å². The molecule has 3 heterocycles. The molecule has 1 aromatic heterocycles. The van der Waals surface area contributed by atoms with E-state index in [1.807, 2.05) is 6.07 Å². The van der Waals surface area contributed by atoms with Gasteiger partial charge in [-0.15, -0.1) is 11.3 Å². The van der Waals surface area contributed by atoms with Crippen molar-refractivity contribution < 1.29 is 9.84 Å². The summed E-state index contributed by atoms with van der Waals surface area (Å²) in [6.07, 6.45) is 1.64. The number of rotatable bonds is 4. The van der Waals surface area contributed by atoms with Gasteiger partial charge in [0, 0.05) is 38.3 Å². The van der Waals surface area contributed by atoms with E-state index >= 15 is 0 Å². The molecule has 0 aliphatic carbocycles. The first-order valence-corrected chi connectivity index (χ1v) is 11.3. The molecule has 0 bridgehead atoms. The topological polar surface area (TPSA) is 48.8 Å². The third-order valence-corrected chi connectivity index (χ3v) is 6.87. The van der Waals surface area contributed by atoms with Gasteiger partial charge in [-0.3, -0.25) is 9.80 Å². The summed E-state index contributed by atoms with van der Waals surface area (Å²) in [5, 5.41) is 10.9. The fourth-order valence-electron chi connectivity index (χ4n) is 4.25. The van der Waals surface area contributed by atoms with E-state index in [1.54, 1.807) is 11.3 Å². The van der Waals surface area contributed by atoms with Gasteiger partial charge in [-0.2, -0.15) is 0 Å². The van der Waals surface area contributed by atoms with Gasteiger partial charge in [0.05, 0.1) is 22.9 Å². The van der Waals surface area contributed by atoms with E-state index in [1.165, 1.54) is 15.8 Å². The van der Waals surface area contributed by atoms with Crippen LogP contribution in [0.5, 0.6) is 5.75 Å². The minimum Gasteiger partial charge on any atom is -0.492 e. The molecule has 0 atom stereocenters. The minimum atomic E-state index is -0.122. The van der Waals surface area contributed by atoms with Gasteiger partial charge in [0.1, 0.15) is 17.4 Å². The van der Waals surface area contributed by atoms with Crippen molar-refractivity contribution in [2.45, 2.75) is 38.6 Å². The molecule has 6 heteroatoms. The van der Waals surface area contributed by atoms with E-state index in [9.17, 15) is 5.11 Å². The molecular weight excluding hydrogens is 382 g/mol. The second-order valence-electron chi connectivity index (χ2n) is 8.08. The molecule has 0 amide bonds. The summed E-state index contributed by atoms with van der Waals surface area (Å²) in [6, 6.07) is 15.0. The van der Waals surface area contributed by atoms with Gasteiger partial charge in [-0.1, -0.05) is 18.2 Å². The summed E-state index contributed by atoms with van der Waals surface area (Å²) in [5.74, 6) is 1.01. The molecular formula is C23H27N3O2S. The smallest absolute Gasteiger partial charge is 0.123 e. The number of aliphatic hydroxyl groups excluding tert-OH is 1. The predicted molar refractivity (Wildman–Crippen MR) is 116 cm³/mol. The van der Waals surface area contributed by atoms with Gasteiger partial charge < -0.3 is 9.84 Å². The van der Waals surface area contributed by atoms with Crippen molar-refractivity contribution in [3.63, 3.8) is 0 Å². The zero-order valence-electron chi connectivity index (χ0n) is 16.6. The molecule has 0 radical (unpaired) electrons. The quantitative estimate of drug-likeness (QED) is 0.713. The standard InChI is InChI=1S/C23H27N3O2S/c27-19-7-9-25(10-8-19)14-17-5-6-21-18(13-17)15-26(11-12-28-21)16-23-24-20-3-1-2-4-22(20)29-23/h1-6,13,19,27H,7-12,14-16H2. The van der Waals surface area contributed by atoms with Crippen LogP contribution >= 0.6 is 11.3 Å². The molecule has 29 heavy (non-hydrogen) atoms. The molecule has 3 aromatic rings. The van der Waals surface area contributed by atoms with Gasteiger partial charge in [-0.25, -0.2) is 4.98 Å². The average molecular weight is 410 g/mol. The van der Waals surface area contributed by atoms with Crippen LogP contribution in [0, 0.1) is 0 Å². The number of thiazole rings is 1.